The first kappa shape index (κ1) is 12.3. The van der Waals surface area contributed by atoms with Crippen LogP contribution >= 0.6 is 11.6 Å². The molecule has 3 nitrogen and oxygen atoms in total. The molecule has 1 aromatic rings. The molecule has 0 aliphatic carbocycles. The maximum absolute atomic E-state index is 9.74. The molecule has 0 aliphatic heterocycles. The number of hydrogen-bond donors (Lipinski definition) is 3. The molecule has 0 spiro atoms. The number of benzene rings is 1. The number of phenols is 1. The first-order chi connectivity index (χ1) is 6.97. The van der Waals surface area contributed by atoms with Crippen LogP contribution < -0.4 is 11.5 Å². The molecular formula is C11H17ClN2O. The third-order valence-electron chi connectivity index (χ3n) is 2.44. The molecule has 1 aromatic carbocycles. The standard InChI is InChI=1S/C11H17ClN2O/c1-6(2)7-3-8(10(14)5-13)11(15)9(12)4-7/h3-4,6,10,15H,5,13-14H2,1-2H3/t10-/m0/s1. The van der Waals surface area contributed by atoms with Gasteiger partial charge in [-0.1, -0.05) is 31.5 Å². The molecule has 0 bridgehead atoms. The molecular weight excluding hydrogens is 212 g/mol. The van der Waals surface area contributed by atoms with E-state index in [1.54, 1.807) is 6.07 Å². The maximum Gasteiger partial charge on any atom is 0.139 e. The number of aromatic hydroxyl groups is 1. The van der Waals surface area contributed by atoms with E-state index in [2.05, 4.69) is 13.8 Å². The summed E-state index contributed by atoms with van der Waals surface area (Å²) in [4.78, 5) is 0. The highest BCUT2D eigenvalue weighted by molar-refractivity contribution is 6.32. The predicted molar refractivity (Wildman–Crippen MR) is 63.2 cm³/mol. The van der Waals surface area contributed by atoms with Gasteiger partial charge < -0.3 is 16.6 Å². The molecule has 5 N–H and O–H groups in total. The van der Waals surface area contributed by atoms with Crippen LogP contribution in [0.25, 0.3) is 0 Å². The molecule has 0 saturated heterocycles. The summed E-state index contributed by atoms with van der Waals surface area (Å²) in [5.74, 6) is 0.380. The van der Waals surface area contributed by atoms with Crippen molar-refractivity contribution < 1.29 is 5.11 Å². The van der Waals surface area contributed by atoms with Gasteiger partial charge in [-0.15, -0.1) is 0 Å². The summed E-state index contributed by atoms with van der Waals surface area (Å²) in [5, 5.41) is 10.1. The van der Waals surface area contributed by atoms with Gasteiger partial charge in [-0.2, -0.15) is 0 Å². The van der Waals surface area contributed by atoms with Crippen molar-refractivity contribution in [3.8, 4) is 5.75 Å². The van der Waals surface area contributed by atoms with Gasteiger partial charge in [0.1, 0.15) is 5.75 Å². The van der Waals surface area contributed by atoms with Crippen molar-refractivity contribution in [3.63, 3.8) is 0 Å². The van der Waals surface area contributed by atoms with E-state index < -0.39 is 0 Å². The van der Waals surface area contributed by atoms with E-state index in [0.717, 1.165) is 5.56 Å². The van der Waals surface area contributed by atoms with Crippen LogP contribution in [0.5, 0.6) is 5.75 Å². The van der Waals surface area contributed by atoms with E-state index in [0.29, 0.717) is 16.5 Å². The van der Waals surface area contributed by atoms with E-state index >= 15 is 0 Å². The van der Waals surface area contributed by atoms with Crippen molar-refractivity contribution in [1.82, 2.24) is 0 Å². The Morgan fingerprint density at radius 1 is 1.40 bits per heavy atom. The van der Waals surface area contributed by atoms with Crippen LogP contribution in [0.3, 0.4) is 0 Å². The van der Waals surface area contributed by atoms with Crippen molar-refractivity contribution in [2.75, 3.05) is 6.54 Å². The SMILES string of the molecule is CC(C)c1cc(Cl)c(O)c([C@@H](N)CN)c1. The molecule has 0 aliphatic rings. The highest BCUT2D eigenvalue weighted by atomic mass is 35.5. The van der Waals surface area contributed by atoms with Gasteiger partial charge in [0.2, 0.25) is 0 Å². The summed E-state index contributed by atoms with van der Waals surface area (Å²) in [5.41, 5.74) is 12.9. The first-order valence-electron chi connectivity index (χ1n) is 4.95. The molecule has 0 unspecified atom stereocenters. The van der Waals surface area contributed by atoms with E-state index in [9.17, 15) is 5.11 Å². The van der Waals surface area contributed by atoms with Crippen molar-refractivity contribution in [2.45, 2.75) is 25.8 Å². The number of halogens is 1. The highest BCUT2D eigenvalue weighted by Crippen LogP contribution is 2.34. The molecule has 0 heterocycles. The lowest BCUT2D eigenvalue weighted by Gasteiger charge is -2.16. The van der Waals surface area contributed by atoms with Gasteiger partial charge in [-0.25, -0.2) is 0 Å². The second kappa shape index (κ2) is 4.84. The molecule has 15 heavy (non-hydrogen) atoms. The third kappa shape index (κ3) is 2.62. The fourth-order valence-electron chi connectivity index (χ4n) is 1.39. The minimum Gasteiger partial charge on any atom is -0.506 e. The zero-order valence-electron chi connectivity index (χ0n) is 9.00. The summed E-state index contributed by atoms with van der Waals surface area (Å²) in [7, 11) is 0. The van der Waals surface area contributed by atoms with Gasteiger partial charge in [-0.05, 0) is 17.5 Å². The Morgan fingerprint density at radius 3 is 2.47 bits per heavy atom. The van der Waals surface area contributed by atoms with Crippen LogP contribution in [0, 0.1) is 0 Å². The number of phenolic OH excluding ortho intramolecular Hbond substituents is 1. The maximum atomic E-state index is 9.74. The second-order valence-corrected chi connectivity index (χ2v) is 4.34. The molecule has 0 radical (unpaired) electrons. The van der Waals surface area contributed by atoms with Crippen molar-refractivity contribution in [2.24, 2.45) is 11.5 Å². The minimum absolute atomic E-state index is 0.0408. The van der Waals surface area contributed by atoms with Gasteiger partial charge >= 0.3 is 0 Å². The van der Waals surface area contributed by atoms with E-state index in [1.165, 1.54) is 0 Å². The highest BCUT2D eigenvalue weighted by Gasteiger charge is 2.14. The van der Waals surface area contributed by atoms with Gasteiger partial charge in [0, 0.05) is 18.2 Å². The fraction of sp³-hybridized carbons (Fsp3) is 0.455. The molecule has 0 aromatic heterocycles. The summed E-state index contributed by atoms with van der Waals surface area (Å²) in [6.45, 7) is 4.40. The third-order valence-corrected chi connectivity index (χ3v) is 2.72. The van der Waals surface area contributed by atoms with Crippen molar-refractivity contribution in [1.29, 1.82) is 0 Å². The first-order valence-corrected chi connectivity index (χ1v) is 5.33. The molecule has 1 rings (SSSR count). The Bertz CT molecular complexity index is 353. The zero-order chi connectivity index (χ0) is 11.6. The monoisotopic (exact) mass is 228 g/mol. The molecule has 0 amide bonds. The van der Waals surface area contributed by atoms with Gasteiger partial charge in [0.15, 0.2) is 0 Å². The minimum atomic E-state index is -0.374. The van der Waals surface area contributed by atoms with Crippen LogP contribution in [-0.2, 0) is 0 Å². The van der Waals surface area contributed by atoms with Crippen LogP contribution in [0.15, 0.2) is 12.1 Å². The lowest BCUT2D eigenvalue weighted by Crippen LogP contribution is -2.21. The van der Waals surface area contributed by atoms with Gasteiger partial charge in [0.05, 0.1) is 5.02 Å². The Labute approximate surface area is 95.0 Å². The van der Waals surface area contributed by atoms with Crippen molar-refractivity contribution in [3.05, 3.63) is 28.3 Å². The summed E-state index contributed by atoms with van der Waals surface area (Å²) < 4.78 is 0. The van der Waals surface area contributed by atoms with Crippen LogP contribution in [-0.4, -0.2) is 11.7 Å². The number of nitrogens with two attached hydrogens (primary N) is 2. The van der Waals surface area contributed by atoms with Crippen LogP contribution in [0.1, 0.15) is 36.9 Å². The Morgan fingerprint density at radius 2 is 2.00 bits per heavy atom. The Hall–Kier alpha value is -0.770. The largest absolute Gasteiger partial charge is 0.506 e. The smallest absolute Gasteiger partial charge is 0.139 e. The van der Waals surface area contributed by atoms with Crippen molar-refractivity contribution >= 4 is 11.6 Å². The molecule has 1 atom stereocenters. The Balaban J connectivity index is 3.25. The normalized spacial score (nSPS) is 13.2. The number of hydrogen-bond acceptors (Lipinski definition) is 3. The zero-order valence-corrected chi connectivity index (χ0v) is 9.75. The van der Waals surface area contributed by atoms with E-state index in [-0.39, 0.29) is 18.3 Å². The quantitative estimate of drug-likeness (QED) is 0.742. The lowest BCUT2D eigenvalue weighted by atomic mass is 9.97. The average Bonchev–Trinajstić information content (AvgIpc) is 2.20. The Kier molecular flexibility index (Phi) is 3.97. The average molecular weight is 229 g/mol. The van der Waals surface area contributed by atoms with E-state index in [4.69, 9.17) is 23.1 Å². The van der Waals surface area contributed by atoms with Crippen LogP contribution in [0.2, 0.25) is 5.02 Å². The molecule has 0 fully saturated rings. The van der Waals surface area contributed by atoms with Gasteiger partial charge in [-0.3, -0.25) is 0 Å². The fourth-order valence-corrected chi connectivity index (χ4v) is 1.62. The molecule has 0 saturated carbocycles. The molecule has 4 heteroatoms. The summed E-state index contributed by atoms with van der Waals surface area (Å²) in [6.07, 6.45) is 0. The summed E-state index contributed by atoms with van der Waals surface area (Å²) in [6, 6.07) is 3.25. The topological polar surface area (TPSA) is 72.3 Å². The summed E-state index contributed by atoms with van der Waals surface area (Å²) >= 11 is 5.92. The molecule has 84 valence electrons. The van der Waals surface area contributed by atoms with Gasteiger partial charge in [0.25, 0.3) is 0 Å². The lowest BCUT2D eigenvalue weighted by molar-refractivity contribution is 0.461. The second-order valence-electron chi connectivity index (χ2n) is 3.94. The van der Waals surface area contributed by atoms with E-state index in [1.807, 2.05) is 6.07 Å². The van der Waals surface area contributed by atoms with Crippen LogP contribution in [0.4, 0.5) is 0 Å². The predicted octanol–water partition coefficient (Wildman–Crippen LogP) is 2.13. The number of rotatable bonds is 3.